The van der Waals surface area contributed by atoms with Crippen molar-refractivity contribution in [2.45, 2.75) is 108 Å². The summed E-state index contributed by atoms with van der Waals surface area (Å²) in [4.78, 5) is 12.0. The van der Waals surface area contributed by atoms with Gasteiger partial charge in [0.2, 0.25) is 0 Å². The number of carbonyl (C=O) groups is 1. The van der Waals surface area contributed by atoms with Crippen molar-refractivity contribution in [3.63, 3.8) is 0 Å². The second kappa shape index (κ2) is 14.4. The molecular formula is C24H47N5O2. The molecule has 5 N–H and O–H groups in total. The average Bonchev–Trinajstić information content (AvgIpc) is 2.80. The van der Waals surface area contributed by atoms with Crippen molar-refractivity contribution in [1.82, 2.24) is 26.6 Å². The summed E-state index contributed by atoms with van der Waals surface area (Å²) in [5.74, 6) is -0.0639. The van der Waals surface area contributed by atoms with Crippen LogP contribution in [-0.2, 0) is 9.53 Å². The van der Waals surface area contributed by atoms with Crippen LogP contribution in [0.25, 0.3) is 0 Å². The number of nitrogens with one attached hydrogen (secondary N) is 5. The molecular weight excluding hydrogens is 390 g/mol. The Morgan fingerprint density at radius 2 is 1.23 bits per heavy atom. The number of hydrogen-bond acceptors (Lipinski definition) is 7. The molecule has 2 aliphatic carbocycles. The molecule has 1 aliphatic heterocycles. The fraction of sp³-hybridized carbons (Fsp3) is 0.958. The average molecular weight is 438 g/mol. The van der Waals surface area contributed by atoms with Gasteiger partial charge in [-0.25, -0.2) is 0 Å². The third kappa shape index (κ3) is 8.97. The van der Waals surface area contributed by atoms with Crippen LogP contribution in [0.5, 0.6) is 0 Å². The number of rotatable bonds is 5. The smallest absolute Gasteiger partial charge is 0.305 e. The van der Waals surface area contributed by atoms with E-state index in [0.717, 1.165) is 45.6 Å². The van der Waals surface area contributed by atoms with Crippen molar-refractivity contribution < 1.29 is 9.53 Å². The van der Waals surface area contributed by atoms with Crippen molar-refractivity contribution in [3.05, 3.63) is 0 Å². The molecule has 5 atom stereocenters. The Kier molecular flexibility index (Phi) is 11.6. The Morgan fingerprint density at radius 3 is 1.74 bits per heavy atom. The number of fused-ring (bicyclic) bond motifs is 2. The minimum absolute atomic E-state index is 0.0639. The zero-order valence-electron chi connectivity index (χ0n) is 19.7. The first-order valence-corrected chi connectivity index (χ1v) is 13.1. The van der Waals surface area contributed by atoms with Crippen LogP contribution in [0.1, 0.15) is 77.6 Å². The van der Waals surface area contributed by atoms with Crippen LogP contribution >= 0.6 is 0 Å². The van der Waals surface area contributed by atoms with Crippen LogP contribution in [0, 0.1) is 0 Å². The van der Waals surface area contributed by atoms with Gasteiger partial charge in [-0.05, 0) is 32.1 Å². The molecule has 31 heavy (non-hydrogen) atoms. The second-order valence-corrected chi connectivity index (χ2v) is 9.70. The fourth-order valence-electron chi connectivity index (χ4n) is 5.36. The normalized spacial score (nSPS) is 33.9. The summed E-state index contributed by atoms with van der Waals surface area (Å²) in [6, 6.07) is 2.33. The van der Waals surface area contributed by atoms with Crippen molar-refractivity contribution in [2.75, 3.05) is 39.3 Å². The van der Waals surface area contributed by atoms with Gasteiger partial charge >= 0.3 is 5.97 Å². The van der Waals surface area contributed by atoms with E-state index in [1.54, 1.807) is 0 Å². The molecule has 3 aliphatic rings. The van der Waals surface area contributed by atoms with Crippen LogP contribution in [0.2, 0.25) is 0 Å². The van der Waals surface area contributed by atoms with E-state index in [4.69, 9.17) is 4.74 Å². The minimum atomic E-state index is -0.0639. The topological polar surface area (TPSA) is 86.5 Å². The summed E-state index contributed by atoms with van der Waals surface area (Å²) in [7, 11) is 0. The van der Waals surface area contributed by atoms with Crippen molar-refractivity contribution in [2.24, 2.45) is 0 Å². The van der Waals surface area contributed by atoms with E-state index >= 15 is 0 Å². The molecule has 3 rings (SSSR count). The van der Waals surface area contributed by atoms with Crippen molar-refractivity contribution in [3.8, 4) is 0 Å². The van der Waals surface area contributed by atoms with E-state index in [-0.39, 0.29) is 12.0 Å². The highest BCUT2D eigenvalue weighted by molar-refractivity contribution is 5.69. The third-order valence-electron chi connectivity index (χ3n) is 7.24. The van der Waals surface area contributed by atoms with Gasteiger partial charge in [-0.3, -0.25) is 4.79 Å². The van der Waals surface area contributed by atoms with Crippen LogP contribution in [0.15, 0.2) is 0 Å². The highest BCUT2D eigenvalue weighted by atomic mass is 16.5. The first-order valence-electron chi connectivity index (χ1n) is 13.1. The maximum Gasteiger partial charge on any atom is 0.305 e. The predicted octanol–water partition coefficient (Wildman–Crippen LogP) is 1.67. The predicted molar refractivity (Wildman–Crippen MR) is 126 cm³/mol. The minimum Gasteiger partial charge on any atom is -0.464 e. The summed E-state index contributed by atoms with van der Waals surface area (Å²) >= 11 is 0. The molecule has 0 aromatic rings. The van der Waals surface area contributed by atoms with E-state index in [9.17, 15) is 4.79 Å². The summed E-state index contributed by atoms with van der Waals surface area (Å²) in [6.45, 7) is 7.32. The highest BCUT2D eigenvalue weighted by Crippen LogP contribution is 2.20. The van der Waals surface area contributed by atoms with Gasteiger partial charge in [-0.2, -0.15) is 0 Å². The van der Waals surface area contributed by atoms with Crippen LogP contribution in [0.4, 0.5) is 0 Å². The lowest BCUT2D eigenvalue weighted by atomic mass is 9.89. The third-order valence-corrected chi connectivity index (χ3v) is 7.24. The van der Waals surface area contributed by atoms with Gasteiger partial charge in [0.25, 0.3) is 0 Å². The van der Waals surface area contributed by atoms with Gasteiger partial charge < -0.3 is 31.3 Å². The second-order valence-electron chi connectivity index (χ2n) is 9.70. The van der Waals surface area contributed by atoms with Gasteiger partial charge in [-0.1, -0.05) is 39.0 Å². The molecule has 0 aromatic carbocycles. The Balaban J connectivity index is 1.56. The SMILES string of the molecule is CCCCC(=O)OC[C@@H]1CN[C@@H]2CCCC[C@H]2NCCN[C@@H]2CCCC[C@H]2NCCN1. The lowest BCUT2D eigenvalue weighted by Gasteiger charge is -2.35. The lowest BCUT2D eigenvalue weighted by molar-refractivity contribution is -0.144. The zero-order valence-corrected chi connectivity index (χ0v) is 19.7. The number of unbranched alkanes of at least 4 members (excludes halogenated alkanes) is 1. The van der Waals surface area contributed by atoms with Gasteiger partial charge in [0.1, 0.15) is 6.61 Å². The first kappa shape index (κ1) is 24.9. The summed E-state index contributed by atoms with van der Waals surface area (Å²) < 4.78 is 5.61. The molecule has 0 aromatic heterocycles. The Morgan fingerprint density at radius 1 is 0.742 bits per heavy atom. The highest BCUT2D eigenvalue weighted by Gasteiger charge is 2.27. The van der Waals surface area contributed by atoms with Gasteiger partial charge in [0.05, 0.1) is 6.04 Å². The van der Waals surface area contributed by atoms with Crippen molar-refractivity contribution in [1.29, 1.82) is 0 Å². The van der Waals surface area contributed by atoms with E-state index in [2.05, 4.69) is 33.5 Å². The molecule has 180 valence electrons. The molecule has 7 nitrogen and oxygen atoms in total. The maximum absolute atomic E-state index is 12.0. The fourth-order valence-corrected chi connectivity index (χ4v) is 5.36. The van der Waals surface area contributed by atoms with E-state index in [1.807, 2.05) is 0 Å². The van der Waals surface area contributed by atoms with E-state index in [0.29, 0.717) is 37.2 Å². The van der Waals surface area contributed by atoms with E-state index < -0.39 is 0 Å². The lowest BCUT2D eigenvalue weighted by Crippen LogP contribution is -2.54. The maximum atomic E-state index is 12.0. The van der Waals surface area contributed by atoms with Crippen LogP contribution in [0.3, 0.4) is 0 Å². The number of carbonyl (C=O) groups excluding carboxylic acids is 1. The quantitative estimate of drug-likeness (QED) is 0.418. The van der Waals surface area contributed by atoms with E-state index in [1.165, 1.54) is 51.4 Å². The monoisotopic (exact) mass is 437 g/mol. The molecule has 0 amide bonds. The summed E-state index contributed by atoms with van der Waals surface area (Å²) in [5, 5.41) is 18.9. The molecule has 2 saturated carbocycles. The molecule has 0 bridgehead atoms. The Bertz CT molecular complexity index is 506. The molecule has 3 fully saturated rings. The summed E-state index contributed by atoms with van der Waals surface area (Å²) in [5.41, 5.74) is 0. The van der Waals surface area contributed by atoms with Crippen molar-refractivity contribution >= 4 is 5.97 Å². The Labute approximate surface area is 189 Å². The summed E-state index contributed by atoms with van der Waals surface area (Å²) in [6.07, 6.45) is 12.7. The molecule has 0 unspecified atom stereocenters. The van der Waals surface area contributed by atoms with Gasteiger partial charge in [0.15, 0.2) is 0 Å². The molecule has 1 heterocycles. The van der Waals surface area contributed by atoms with Crippen LogP contribution in [-0.4, -0.2) is 75.5 Å². The largest absolute Gasteiger partial charge is 0.464 e. The van der Waals surface area contributed by atoms with Gasteiger partial charge in [0, 0.05) is 63.3 Å². The molecule has 0 radical (unpaired) electrons. The number of hydrogen-bond donors (Lipinski definition) is 5. The first-order chi connectivity index (χ1) is 15.3. The van der Waals surface area contributed by atoms with Gasteiger partial charge in [-0.15, -0.1) is 0 Å². The standard InChI is InChI=1S/C24H47N5O2/c1-2-3-12-24(30)31-18-19-17-29-23-11-7-6-10-22(23)28-16-15-27-21-9-5-4-8-20(21)26-14-13-25-19/h19-23,25-29H,2-18H2,1H3/t19-,20+,21+,22+,23+/m0/s1. The Hall–Kier alpha value is -0.730. The molecule has 7 heteroatoms. The number of ether oxygens (including phenoxy) is 1. The van der Waals surface area contributed by atoms with Crippen LogP contribution < -0.4 is 26.6 Å². The molecule has 1 saturated heterocycles. The number of esters is 1. The molecule has 0 spiro atoms. The zero-order chi connectivity index (χ0) is 21.7.